The van der Waals surface area contributed by atoms with Crippen molar-refractivity contribution >= 4 is 17.2 Å². The largest absolute Gasteiger partial charge is 0.409 e. The van der Waals surface area contributed by atoms with Gasteiger partial charge in [-0.05, 0) is 42.5 Å². The molecule has 0 aliphatic carbocycles. The smallest absolute Gasteiger partial charge is 0.170 e. The quantitative estimate of drug-likeness (QED) is 0.332. The highest BCUT2D eigenvalue weighted by atomic mass is 32.1. The third kappa shape index (κ3) is 4.27. The van der Waals surface area contributed by atoms with Crippen molar-refractivity contribution in [3.63, 3.8) is 0 Å². The Hall–Kier alpha value is -1.92. The molecule has 0 saturated heterocycles. The van der Waals surface area contributed by atoms with Crippen LogP contribution in [-0.2, 0) is 13.0 Å². The number of halogens is 1. The molecule has 0 fully saturated rings. The molecule has 0 aliphatic rings. The monoisotopic (exact) mass is 307 g/mol. The van der Waals surface area contributed by atoms with Crippen LogP contribution >= 0.6 is 11.3 Å². The van der Waals surface area contributed by atoms with E-state index in [2.05, 4.69) is 28.8 Å². The van der Waals surface area contributed by atoms with Gasteiger partial charge in [0.1, 0.15) is 5.82 Å². The normalized spacial score (nSPS) is 13.3. The van der Waals surface area contributed by atoms with E-state index in [0.717, 1.165) is 12.0 Å². The Morgan fingerprint density at radius 3 is 2.95 bits per heavy atom. The third-order valence-electron chi connectivity index (χ3n) is 3.18. The molecule has 0 amide bonds. The summed E-state index contributed by atoms with van der Waals surface area (Å²) in [5.74, 6) is -0.496. The minimum absolute atomic E-state index is 0.0859. The molecule has 0 saturated carbocycles. The van der Waals surface area contributed by atoms with Crippen molar-refractivity contribution in [3.05, 3.63) is 57.5 Å². The Morgan fingerprint density at radius 1 is 1.48 bits per heavy atom. The average Bonchev–Trinajstić information content (AvgIpc) is 2.98. The zero-order valence-corrected chi connectivity index (χ0v) is 12.5. The standard InChI is InChI=1S/C15H18FN3OS/c1-10(7-13-3-2-6-21-13)18-9-11-4-5-12(16)8-14(11)15(17)19-20/h2-6,8,10,18,20H,7,9H2,1H3,(H2,17,19). The Balaban J connectivity index is 2.02. The van der Waals surface area contributed by atoms with Gasteiger partial charge in [0.2, 0.25) is 0 Å². The summed E-state index contributed by atoms with van der Waals surface area (Å²) in [6.07, 6.45) is 0.928. The summed E-state index contributed by atoms with van der Waals surface area (Å²) in [5.41, 5.74) is 6.79. The lowest BCUT2D eigenvalue weighted by molar-refractivity contribution is 0.318. The number of oxime groups is 1. The number of nitrogens with one attached hydrogen (secondary N) is 1. The maximum absolute atomic E-state index is 13.3. The van der Waals surface area contributed by atoms with Gasteiger partial charge in [-0.2, -0.15) is 0 Å². The van der Waals surface area contributed by atoms with Gasteiger partial charge in [-0.1, -0.05) is 17.3 Å². The average molecular weight is 307 g/mol. The lowest BCUT2D eigenvalue weighted by Crippen LogP contribution is -2.28. The Bertz CT molecular complexity index is 613. The zero-order chi connectivity index (χ0) is 15.2. The molecule has 0 aliphatic heterocycles. The fourth-order valence-corrected chi connectivity index (χ4v) is 2.92. The van der Waals surface area contributed by atoms with Gasteiger partial charge < -0.3 is 16.3 Å². The van der Waals surface area contributed by atoms with Crippen molar-refractivity contribution in [1.29, 1.82) is 0 Å². The molecular formula is C15H18FN3OS. The van der Waals surface area contributed by atoms with E-state index in [1.807, 2.05) is 6.07 Å². The van der Waals surface area contributed by atoms with Crippen LogP contribution in [0.25, 0.3) is 0 Å². The number of nitrogens with two attached hydrogens (primary N) is 1. The second-order valence-electron chi connectivity index (χ2n) is 4.85. The minimum atomic E-state index is -0.410. The summed E-state index contributed by atoms with van der Waals surface area (Å²) >= 11 is 1.72. The SMILES string of the molecule is CC(Cc1cccs1)NCc1ccc(F)cc1C(N)=NO. The molecule has 2 aromatic rings. The second kappa shape index (κ2) is 7.19. The van der Waals surface area contributed by atoms with Crippen LogP contribution in [0.4, 0.5) is 4.39 Å². The highest BCUT2D eigenvalue weighted by Gasteiger charge is 2.10. The van der Waals surface area contributed by atoms with Crippen LogP contribution in [0.1, 0.15) is 22.9 Å². The first-order valence-electron chi connectivity index (χ1n) is 6.62. The second-order valence-corrected chi connectivity index (χ2v) is 5.88. The van der Waals surface area contributed by atoms with Crippen molar-refractivity contribution in [2.75, 3.05) is 0 Å². The summed E-state index contributed by atoms with van der Waals surface area (Å²) in [4.78, 5) is 1.31. The number of hydrogen-bond acceptors (Lipinski definition) is 4. The van der Waals surface area contributed by atoms with E-state index in [0.29, 0.717) is 12.1 Å². The number of nitrogens with zero attached hydrogens (tertiary/aromatic N) is 1. The van der Waals surface area contributed by atoms with Crippen molar-refractivity contribution in [3.8, 4) is 0 Å². The summed E-state index contributed by atoms with van der Waals surface area (Å²) in [7, 11) is 0. The molecule has 1 atom stereocenters. The van der Waals surface area contributed by atoms with Gasteiger partial charge in [0.25, 0.3) is 0 Å². The fourth-order valence-electron chi connectivity index (χ4n) is 2.08. The summed E-state index contributed by atoms with van der Waals surface area (Å²) in [5, 5.41) is 17.1. The fraction of sp³-hybridized carbons (Fsp3) is 0.267. The Morgan fingerprint density at radius 2 is 2.29 bits per heavy atom. The predicted octanol–water partition coefficient (Wildman–Crippen LogP) is 2.70. The van der Waals surface area contributed by atoms with Crippen molar-refractivity contribution < 1.29 is 9.60 Å². The molecule has 112 valence electrons. The number of rotatable bonds is 6. The van der Waals surface area contributed by atoms with Gasteiger partial charge in [-0.15, -0.1) is 11.3 Å². The minimum Gasteiger partial charge on any atom is -0.409 e. The first-order valence-corrected chi connectivity index (χ1v) is 7.50. The molecule has 4 N–H and O–H groups in total. The molecule has 1 unspecified atom stereocenters. The maximum Gasteiger partial charge on any atom is 0.170 e. The molecule has 1 heterocycles. The van der Waals surface area contributed by atoms with E-state index in [-0.39, 0.29) is 11.9 Å². The van der Waals surface area contributed by atoms with Gasteiger partial charge in [-0.25, -0.2) is 4.39 Å². The highest BCUT2D eigenvalue weighted by Crippen LogP contribution is 2.14. The molecule has 0 radical (unpaired) electrons. The lowest BCUT2D eigenvalue weighted by Gasteiger charge is -2.15. The van der Waals surface area contributed by atoms with Crippen LogP contribution in [0.3, 0.4) is 0 Å². The highest BCUT2D eigenvalue weighted by molar-refractivity contribution is 7.09. The zero-order valence-electron chi connectivity index (χ0n) is 11.7. The van der Waals surface area contributed by atoms with Crippen molar-refractivity contribution in [2.45, 2.75) is 25.9 Å². The molecular weight excluding hydrogens is 289 g/mol. The summed E-state index contributed by atoms with van der Waals surface area (Å²) < 4.78 is 13.3. The topological polar surface area (TPSA) is 70.6 Å². The van der Waals surface area contributed by atoms with E-state index in [9.17, 15) is 4.39 Å². The molecule has 0 bridgehead atoms. The van der Waals surface area contributed by atoms with Gasteiger partial charge in [-0.3, -0.25) is 0 Å². The predicted molar refractivity (Wildman–Crippen MR) is 83.2 cm³/mol. The van der Waals surface area contributed by atoms with Crippen molar-refractivity contribution in [2.24, 2.45) is 10.9 Å². The molecule has 4 nitrogen and oxygen atoms in total. The van der Waals surface area contributed by atoms with Crippen molar-refractivity contribution in [1.82, 2.24) is 5.32 Å². The van der Waals surface area contributed by atoms with Crippen LogP contribution in [0.5, 0.6) is 0 Å². The van der Waals surface area contributed by atoms with Crippen LogP contribution in [-0.4, -0.2) is 17.1 Å². The maximum atomic E-state index is 13.3. The van der Waals surface area contributed by atoms with E-state index in [1.54, 1.807) is 17.4 Å². The first-order chi connectivity index (χ1) is 10.1. The van der Waals surface area contributed by atoms with Crippen LogP contribution in [0.15, 0.2) is 40.9 Å². The van der Waals surface area contributed by atoms with Gasteiger partial charge in [0.15, 0.2) is 5.84 Å². The third-order valence-corrected chi connectivity index (χ3v) is 4.08. The van der Waals surface area contributed by atoms with Gasteiger partial charge >= 0.3 is 0 Å². The van der Waals surface area contributed by atoms with Gasteiger partial charge in [0, 0.05) is 23.0 Å². The molecule has 6 heteroatoms. The van der Waals surface area contributed by atoms with E-state index < -0.39 is 5.82 Å². The molecule has 1 aromatic heterocycles. The van der Waals surface area contributed by atoms with Gasteiger partial charge in [0.05, 0.1) is 0 Å². The van der Waals surface area contributed by atoms with E-state index in [1.165, 1.54) is 17.0 Å². The van der Waals surface area contributed by atoms with E-state index in [4.69, 9.17) is 10.9 Å². The number of amidine groups is 1. The number of benzene rings is 1. The molecule has 2 rings (SSSR count). The van der Waals surface area contributed by atoms with Crippen LogP contribution in [0, 0.1) is 5.82 Å². The Labute approximate surface area is 127 Å². The first kappa shape index (κ1) is 15.5. The Kier molecular flexibility index (Phi) is 5.30. The summed E-state index contributed by atoms with van der Waals surface area (Å²) in [6, 6.07) is 8.69. The van der Waals surface area contributed by atoms with E-state index >= 15 is 0 Å². The lowest BCUT2D eigenvalue weighted by atomic mass is 10.1. The molecule has 0 spiro atoms. The molecule has 21 heavy (non-hydrogen) atoms. The molecule has 1 aromatic carbocycles. The number of hydrogen-bond donors (Lipinski definition) is 3. The summed E-state index contributed by atoms with van der Waals surface area (Å²) in [6.45, 7) is 2.62. The number of thiophene rings is 1. The van der Waals surface area contributed by atoms with Crippen LogP contribution < -0.4 is 11.1 Å². The van der Waals surface area contributed by atoms with Crippen LogP contribution in [0.2, 0.25) is 0 Å².